The van der Waals surface area contributed by atoms with Crippen LogP contribution in [0.4, 0.5) is 0 Å². The second-order valence-corrected chi connectivity index (χ2v) is 3.05. The van der Waals surface area contributed by atoms with Crippen LogP contribution in [0.2, 0.25) is 0 Å². The number of nitrogens with one attached hydrogen (secondary N) is 1. The molecule has 2 heteroatoms. The van der Waals surface area contributed by atoms with Crippen LogP contribution in [0.3, 0.4) is 0 Å². The maximum Gasteiger partial charge on any atom is 0.0431 e. The summed E-state index contributed by atoms with van der Waals surface area (Å²) in [6.45, 7) is 5.82. The lowest BCUT2D eigenvalue weighted by Gasteiger charge is -2.10. The Bertz CT molecular complexity index is 76.0. The highest BCUT2D eigenvalue weighted by atomic mass is 16.2. The molecule has 11 heavy (non-hydrogen) atoms. The molecule has 0 aromatic rings. The first-order valence-corrected chi connectivity index (χ1v) is 4.65. The second kappa shape index (κ2) is 8.02. The van der Waals surface area contributed by atoms with E-state index in [0.29, 0.717) is 12.6 Å². The van der Waals surface area contributed by atoms with Crippen LogP contribution in [0.15, 0.2) is 0 Å². The fourth-order valence-electron chi connectivity index (χ4n) is 0.906. The van der Waals surface area contributed by atoms with Gasteiger partial charge in [-0.25, -0.2) is 0 Å². The van der Waals surface area contributed by atoms with Crippen molar-refractivity contribution in [2.45, 2.75) is 45.6 Å². The van der Waals surface area contributed by atoms with Gasteiger partial charge in [0, 0.05) is 12.6 Å². The third kappa shape index (κ3) is 7.82. The van der Waals surface area contributed by atoms with Crippen LogP contribution in [-0.2, 0) is 0 Å². The van der Waals surface area contributed by atoms with Gasteiger partial charge in [-0.2, -0.15) is 0 Å². The van der Waals surface area contributed by atoms with E-state index in [2.05, 4.69) is 19.2 Å². The van der Waals surface area contributed by atoms with Crippen LogP contribution in [0.5, 0.6) is 0 Å². The molecule has 0 fully saturated rings. The lowest BCUT2D eigenvalue weighted by molar-refractivity contribution is 0.282. The van der Waals surface area contributed by atoms with Crippen molar-refractivity contribution in [1.82, 2.24) is 5.32 Å². The predicted octanol–water partition coefficient (Wildman–Crippen LogP) is 1.54. The Labute approximate surface area is 70.0 Å². The molecule has 0 aliphatic heterocycles. The quantitative estimate of drug-likeness (QED) is 0.552. The van der Waals surface area contributed by atoms with Crippen molar-refractivity contribution >= 4 is 0 Å². The summed E-state index contributed by atoms with van der Waals surface area (Å²) in [5, 5.41) is 11.9. The fourth-order valence-corrected chi connectivity index (χ4v) is 0.906. The first-order valence-electron chi connectivity index (χ1n) is 4.65. The summed E-state index contributed by atoms with van der Waals surface area (Å²) >= 11 is 0. The van der Waals surface area contributed by atoms with Crippen molar-refractivity contribution in [2.24, 2.45) is 0 Å². The van der Waals surface area contributed by atoms with E-state index in [1.807, 2.05) is 0 Å². The van der Waals surface area contributed by atoms with Gasteiger partial charge in [0.05, 0.1) is 0 Å². The first-order chi connectivity index (χ1) is 5.31. The third-order valence-electron chi connectivity index (χ3n) is 1.94. The topological polar surface area (TPSA) is 32.3 Å². The van der Waals surface area contributed by atoms with Crippen LogP contribution in [0.25, 0.3) is 0 Å². The van der Waals surface area contributed by atoms with E-state index in [1.54, 1.807) is 0 Å². The van der Waals surface area contributed by atoms with Crippen molar-refractivity contribution in [3.05, 3.63) is 0 Å². The summed E-state index contributed by atoms with van der Waals surface area (Å²) in [6, 6.07) is 0.643. The molecule has 0 spiro atoms. The molecule has 68 valence electrons. The maximum absolute atomic E-state index is 8.50. The standard InChI is InChI=1S/C9H21NO/c1-3-9(2)10-7-5-4-6-8-11/h9-11H,3-8H2,1-2H3/t9-/m1/s1. The van der Waals surface area contributed by atoms with Crippen molar-refractivity contribution in [2.75, 3.05) is 13.2 Å². The Morgan fingerprint density at radius 1 is 1.27 bits per heavy atom. The molecular weight excluding hydrogens is 138 g/mol. The molecule has 2 N–H and O–H groups in total. The molecular formula is C9H21NO. The molecule has 0 saturated carbocycles. The second-order valence-electron chi connectivity index (χ2n) is 3.05. The SMILES string of the molecule is CC[C@@H](C)NCCCCCO. The smallest absolute Gasteiger partial charge is 0.0431 e. The van der Waals surface area contributed by atoms with Crippen LogP contribution in [0.1, 0.15) is 39.5 Å². The van der Waals surface area contributed by atoms with Gasteiger partial charge in [0.15, 0.2) is 0 Å². The normalized spacial score (nSPS) is 13.4. The lowest BCUT2D eigenvalue weighted by Crippen LogP contribution is -2.25. The van der Waals surface area contributed by atoms with Crippen LogP contribution >= 0.6 is 0 Å². The minimum Gasteiger partial charge on any atom is -0.396 e. The summed E-state index contributed by atoms with van der Waals surface area (Å²) in [5.41, 5.74) is 0. The van der Waals surface area contributed by atoms with E-state index < -0.39 is 0 Å². The zero-order valence-electron chi connectivity index (χ0n) is 7.77. The van der Waals surface area contributed by atoms with E-state index in [-0.39, 0.29) is 0 Å². The summed E-state index contributed by atoms with van der Waals surface area (Å²) in [5.74, 6) is 0. The molecule has 0 heterocycles. The summed E-state index contributed by atoms with van der Waals surface area (Å²) in [7, 11) is 0. The molecule has 0 saturated heterocycles. The maximum atomic E-state index is 8.50. The molecule has 0 bridgehead atoms. The predicted molar refractivity (Wildman–Crippen MR) is 48.7 cm³/mol. The Morgan fingerprint density at radius 2 is 2.00 bits per heavy atom. The summed E-state index contributed by atoms with van der Waals surface area (Å²) < 4.78 is 0. The van der Waals surface area contributed by atoms with Crippen molar-refractivity contribution in [3.8, 4) is 0 Å². The van der Waals surface area contributed by atoms with Gasteiger partial charge >= 0.3 is 0 Å². The largest absolute Gasteiger partial charge is 0.396 e. The minimum atomic E-state index is 0.337. The molecule has 0 amide bonds. The first kappa shape index (κ1) is 10.9. The van der Waals surface area contributed by atoms with E-state index in [9.17, 15) is 0 Å². The average molecular weight is 159 g/mol. The van der Waals surface area contributed by atoms with Crippen LogP contribution in [-0.4, -0.2) is 24.3 Å². The monoisotopic (exact) mass is 159 g/mol. The average Bonchev–Trinajstić information content (AvgIpc) is 2.04. The van der Waals surface area contributed by atoms with E-state index in [0.717, 1.165) is 19.4 Å². The number of unbranched alkanes of at least 4 members (excludes halogenated alkanes) is 2. The molecule has 0 radical (unpaired) electrons. The molecule has 0 unspecified atom stereocenters. The number of aliphatic hydroxyl groups is 1. The van der Waals surface area contributed by atoms with E-state index in [1.165, 1.54) is 12.8 Å². The molecule has 0 aromatic carbocycles. The van der Waals surface area contributed by atoms with Crippen molar-refractivity contribution in [1.29, 1.82) is 0 Å². The highest BCUT2D eigenvalue weighted by Crippen LogP contribution is 1.94. The molecule has 2 nitrogen and oxygen atoms in total. The number of hydrogen-bond acceptors (Lipinski definition) is 2. The molecule has 1 atom stereocenters. The van der Waals surface area contributed by atoms with Crippen molar-refractivity contribution in [3.63, 3.8) is 0 Å². The molecule has 0 aliphatic rings. The zero-order chi connectivity index (χ0) is 8.53. The summed E-state index contributed by atoms with van der Waals surface area (Å²) in [6.07, 6.45) is 4.47. The third-order valence-corrected chi connectivity index (χ3v) is 1.94. The van der Waals surface area contributed by atoms with Gasteiger partial charge in [0.1, 0.15) is 0 Å². The van der Waals surface area contributed by atoms with Gasteiger partial charge in [0.2, 0.25) is 0 Å². The number of rotatable bonds is 7. The minimum absolute atomic E-state index is 0.337. The van der Waals surface area contributed by atoms with Gasteiger partial charge in [-0.1, -0.05) is 6.92 Å². The fraction of sp³-hybridized carbons (Fsp3) is 1.00. The Balaban J connectivity index is 2.89. The van der Waals surface area contributed by atoms with Gasteiger partial charge in [-0.05, 0) is 39.2 Å². The molecule has 0 aliphatic carbocycles. The van der Waals surface area contributed by atoms with Crippen molar-refractivity contribution < 1.29 is 5.11 Å². The van der Waals surface area contributed by atoms with E-state index >= 15 is 0 Å². The Hall–Kier alpha value is -0.0800. The Kier molecular flexibility index (Phi) is 7.96. The highest BCUT2D eigenvalue weighted by Gasteiger charge is 1.94. The Morgan fingerprint density at radius 3 is 2.55 bits per heavy atom. The van der Waals surface area contributed by atoms with Gasteiger partial charge < -0.3 is 10.4 Å². The van der Waals surface area contributed by atoms with Crippen LogP contribution < -0.4 is 5.32 Å². The number of hydrogen-bond donors (Lipinski definition) is 2. The lowest BCUT2D eigenvalue weighted by atomic mass is 10.2. The highest BCUT2D eigenvalue weighted by molar-refractivity contribution is 4.56. The van der Waals surface area contributed by atoms with Crippen LogP contribution in [0, 0.1) is 0 Å². The van der Waals surface area contributed by atoms with Gasteiger partial charge in [-0.15, -0.1) is 0 Å². The summed E-state index contributed by atoms with van der Waals surface area (Å²) in [4.78, 5) is 0. The number of aliphatic hydroxyl groups excluding tert-OH is 1. The van der Waals surface area contributed by atoms with E-state index in [4.69, 9.17) is 5.11 Å². The zero-order valence-corrected chi connectivity index (χ0v) is 7.77. The van der Waals surface area contributed by atoms with Gasteiger partial charge in [0.25, 0.3) is 0 Å². The van der Waals surface area contributed by atoms with Gasteiger partial charge in [-0.3, -0.25) is 0 Å². The molecule has 0 rings (SSSR count). The molecule has 0 aromatic heterocycles.